The van der Waals surface area contributed by atoms with Gasteiger partial charge >= 0.3 is 5.97 Å². The number of aromatic carboxylic acids is 1. The van der Waals surface area contributed by atoms with Crippen molar-refractivity contribution in [3.05, 3.63) is 94.5 Å². The first kappa shape index (κ1) is 29.6. The van der Waals surface area contributed by atoms with E-state index in [1.54, 1.807) is 17.9 Å². The maximum absolute atomic E-state index is 11.7. The van der Waals surface area contributed by atoms with Crippen LogP contribution in [0, 0.1) is 6.92 Å². The molecule has 6 nitrogen and oxygen atoms in total. The van der Waals surface area contributed by atoms with Crippen LogP contribution in [-0.2, 0) is 23.2 Å². The lowest BCUT2D eigenvalue weighted by Gasteiger charge is -2.22. The number of hydrogen-bond donors (Lipinski definition) is 1. The average molecular weight is 528 g/mol. The molecule has 0 heterocycles. The van der Waals surface area contributed by atoms with Crippen molar-refractivity contribution in [2.24, 2.45) is 5.10 Å². The maximum atomic E-state index is 11.7. The molecule has 39 heavy (non-hydrogen) atoms. The summed E-state index contributed by atoms with van der Waals surface area (Å²) >= 11 is 0. The van der Waals surface area contributed by atoms with E-state index >= 15 is 0 Å². The summed E-state index contributed by atoms with van der Waals surface area (Å²) in [4.78, 5) is 24.9. The van der Waals surface area contributed by atoms with E-state index in [9.17, 15) is 14.7 Å². The van der Waals surface area contributed by atoms with E-state index in [1.807, 2.05) is 43.2 Å². The average Bonchev–Trinajstić information content (AvgIpc) is 2.89. The number of hydrogen-bond acceptors (Lipinski definition) is 4. The largest absolute Gasteiger partial charge is 0.478 e. The van der Waals surface area contributed by atoms with Crippen LogP contribution >= 0.6 is 0 Å². The highest BCUT2D eigenvalue weighted by Gasteiger charge is 2.14. The first-order chi connectivity index (χ1) is 18.5. The Balaban J connectivity index is 1.64. The normalized spacial score (nSPS) is 11.8. The zero-order valence-corrected chi connectivity index (χ0v) is 24.1. The number of carboxylic acid groups (broad SMARTS) is 1. The van der Waals surface area contributed by atoms with E-state index < -0.39 is 5.97 Å². The lowest BCUT2D eigenvalue weighted by molar-refractivity contribution is -0.114. The molecule has 0 spiro atoms. The number of aryl methyl sites for hydroxylation is 2. The number of amidine groups is 1. The molecule has 0 bridgehead atoms. The van der Waals surface area contributed by atoms with Crippen LogP contribution in [0.4, 0.5) is 0 Å². The van der Waals surface area contributed by atoms with Crippen molar-refractivity contribution in [2.45, 2.75) is 65.8 Å². The van der Waals surface area contributed by atoms with Gasteiger partial charge in [-0.25, -0.2) is 4.79 Å². The molecule has 0 unspecified atom stereocenters. The summed E-state index contributed by atoms with van der Waals surface area (Å²) in [7, 11) is 1.94. The number of rotatable bonds is 11. The van der Waals surface area contributed by atoms with Gasteiger partial charge in [0.1, 0.15) is 5.84 Å². The lowest BCUT2D eigenvalue weighted by atomic mass is 9.87. The second-order valence-corrected chi connectivity index (χ2v) is 11.1. The number of nitrogens with zero attached hydrogens (tertiary/aromatic N) is 3. The quantitative estimate of drug-likeness (QED) is 0.127. The third-order valence-corrected chi connectivity index (χ3v) is 6.94. The number of carbonyl (C=O) groups is 2. The third-order valence-electron chi connectivity index (χ3n) is 6.94. The molecule has 3 aromatic carbocycles. The number of carboxylic acids is 1. The van der Waals surface area contributed by atoms with E-state index in [0.29, 0.717) is 25.1 Å². The Kier molecular flexibility index (Phi) is 10.0. The van der Waals surface area contributed by atoms with Crippen molar-refractivity contribution < 1.29 is 14.7 Å². The minimum Gasteiger partial charge on any atom is -0.478 e. The van der Waals surface area contributed by atoms with E-state index in [-0.39, 0.29) is 5.41 Å². The zero-order valence-electron chi connectivity index (χ0n) is 24.1. The highest BCUT2D eigenvalue weighted by molar-refractivity contribution is 5.91. The Morgan fingerprint density at radius 2 is 1.56 bits per heavy atom. The Morgan fingerprint density at radius 3 is 2.13 bits per heavy atom. The van der Waals surface area contributed by atoms with Crippen molar-refractivity contribution in [1.29, 1.82) is 0 Å². The molecule has 1 amide bonds. The molecule has 0 radical (unpaired) electrons. The summed E-state index contributed by atoms with van der Waals surface area (Å²) in [6.45, 7) is 11.6. The molecule has 0 aliphatic heterocycles. The van der Waals surface area contributed by atoms with Crippen LogP contribution in [-0.4, -0.2) is 46.8 Å². The van der Waals surface area contributed by atoms with Crippen LogP contribution in [0.15, 0.2) is 71.8 Å². The Labute approximate surface area is 233 Å². The van der Waals surface area contributed by atoms with Gasteiger partial charge in [0.05, 0.1) is 12.1 Å². The highest BCUT2D eigenvalue weighted by atomic mass is 16.4. The highest BCUT2D eigenvalue weighted by Crippen LogP contribution is 2.24. The summed E-state index contributed by atoms with van der Waals surface area (Å²) < 4.78 is 0. The molecular formula is C33H41N3O3. The first-order valence-electron chi connectivity index (χ1n) is 13.5. The Morgan fingerprint density at radius 1 is 0.949 bits per heavy atom. The van der Waals surface area contributed by atoms with E-state index in [2.05, 4.69) is 57.2 Å². The maximum Gasteiger partial charge on any atom is 0.335 e. The standard InChI is InChI=1S/C33H41N3O3/c1-7-36(23-37)31(34-35(6)22-26-14-19-29(20-15-26)33(3,4)5)10-8-9-25-12-17-27(18-13-25)28-16-11-24(2)30(21-28)32(38)39/h11-21,23H,7-10,22H2,1-6H3,(H,38,39)/b34-31-. The van der Waals surface area contributed by atoms with Crippen LogP contribution in [0.1, 0.15) is 73.1 Å². The summed E-state index contributed by atoms with van der Waals surface area (Å²) in [5.41, 5.74) is 6.72. The molecule has 6 heteroatoms. The number of benzene rings is 3. The SMILES string of the molecule is CCN(C=O)/C(CCCc1ccc(-c2ccc(C)c(C(=O)O)c2)cc1)=N\N(C)Cc1ccc(C(C)(C)C)cc1. The molecule has 0 saturated carbocycles. The van der Waals surface area contributed by atoms with Crippen LogP contribution in [0.5, 0.6) is 0 Å². The molecule has 0 aromatic heterocycles. The molecule has 0 aliphatic rings. The Bertz CT molecular complexity index is 1290. The van der Waals surface area contributed by atoms with Crippen molar-refractivity contribution in [2.75, 3.05) is 13.6 Å². The van der Waals surface area contributed by atoms with E-state index in [4.69, 9.17) is 5.10 Å². The van der Waals surface area contributed by atoms with Gasteiger partial charge in [-0.15, -0.1) is 0 Å². The van der Waals surface area contributed by atoms with Crippen molar-refractivity contribution in [3.63, 3.8) is 0 Å². The van der Waals surface area contributed by atoms with Crippen molar-refractivity contribution >= 4 is 18.2 Å². The molecule has 0 aliphatic carbocycles. The fourth-order valence-corrected chi connectivity index (χ4v) is 4.52. The van der Waals surface area contributed by atoms with Crippen LogP contribution in [0.3, 0.4) is 0 Å². The summed E-state index contributed by atoms with van der Waals surface area (Å²) in [6.07, 6.45) is 3.24. The van der Waals surface area contributed by atoms with Gasteiger partial charge in [-0.3, -0.25) is 9.80 Å². The Hall–Kier alpha value is -3.93. The smallest absolute Gasteiger partial charge is 0.335 e. The predicted molar refractivity (Wildman–Crippen MR) is 159 cm³/mol. The van der Waals surface area contributed by atoms with Gasteiger partial charge in [0.2, 0.25) is 6.41 Å². The minimum atomic E-state index is -0.913. The predicted octanol–water partition coefficient (Wildman–Crippen LogP) is 6.90. The fraction of sp³-hybridized carbons (Fsp3) is 0.364. The van der Waals surface area contributed by atoms with Gasteiger partial charge in [0, 0.05) is 20.0 Å². The zero-order chi connectivity index (χ0) is 28.6. The van der Waals surface area contributed by atoms with Gasteiger partial charge < -0.3 is 10.0 Å². The van der Waals surface area contributed by atoms with Crippen molar-refractivity contribution in [3.8, 4) is 11.1 Å². The third kappa shape index (κ3) is 8.28. The number of carbonyl (C=O) groups excluding carboxylic acids is 1. The van der Waals surface area contributed by atoms with Gasteiger partial charge in [0.15, 0.2) is 0 Å². The monoisotopic (exact) mass is 527 g/mol. The van der Waals surface area contributed by atoms with Crippen LogP contribution < -0.4 is 0 Å². The minimum absolute atomic E-state index is 0.117. The number of hydrazone groups is 1. The van der Waals surface area contributed by atoms with E-state index in [1.165, 1.54) is 16.7 Å². The second-order valence-electron chi connectivity index (χ2n) is 11.1. The summed E-state index contributed by atoms with van der Waals surface area (Å²) in [5.74, 6) is -0.150. The summed E-state index contributed by atoms with van der Waals surface area (Å²) in [6, 6.07) is 22.4. The summed E-state index contributed by atoms with van der Waals surface area (Å²) in [5, 5.41) is 16.1. The van der Waals surface area contributed by atoms with Gasteiger partial charge in [0.25, 0.3) is 0 Å². The first-order valence-corrected chi connectivity index (χ1v) is 13.5. The lowest BCUT2D eigenvalue weighted by Crippen LogP contribution is -2.31. The van der Waals surface area contributed by atoms with Gasteiger partial charge in [-0.2, -0.15) is 5.10 Å². The number of amides is 1. The van der Waals surface area contributed by atoms with Crippen LogP contribution in [0.25, 0.3) is 11.1 Å². The second kappa shape index (κ2) is 13.2. The molecule has 0 atom stereocenters. The van der Waals surface area contributed by atoms with Gasteiger partial charge in [-0.1, -0.05) is 81.4 Å². The van der Waals surface area contributed by atoms with E-state index in [0.717, 1.165) is 41.8 Å². The molecule has 3 aromatic rings. The molecule has 0 saturated heterocycles. The van der Waals surface area contributed by atoms with Gasteiger partial charge in [-0.05, 0) is 71.6 Å². The molecule has 0 fully saturated rings. The topological polar surface area (TPSA) is 73.2 Å². The molecular weight excluding hydrogens is 486 g/mol. The fourth-order valence-electron chi connectivity index (χ4n) is 4.52. The molecule has 206 valence electrons. The van der Waals surface area contributed by atoms with Crippen LogP contribution in [0.2, 0.25) is 0 Å². The molecule has 3 rings (SSSR count). The molecule has 1 N–H and O–H groups in total. The van der Waals surface area contributed by atoms with Crippen molar-refractivity contribution in [1.82, 2.24) is 9.91 Å².